The van der Waals surface area contributed by atoms with Crippen molar-refractivity contribution in [3.05, 3.63) is 16.3 Å². The molecule has 30 heavy (non-hydrogen) atoms. The van der Waals surface area contributed by atoms with Gasteiger partial charge < -0.3 is 19.9 Å². The fourth-order valence-electron chi connectivity index (χ4n) is 3.74. The molecule has 2 aliphatic heterocycles. The third-order valence-electron chi connectivity index (χ3n) is 5.26. The van der Waals surface area contributed by atoms with Gasteiger partial charge in [-0.1, -0.05) is 0 Å². The second-order valence-corrected chi connectivity index (χ2v) is 7.29. The van der Waals surface area contributed by atoms with Crippen LogP contribution in [-0.4, -0.2) is 82.1 Å². The fraction of sp³-hybridized carbons (Fsp3) is 0.789. The molecule has 1 amide bonds. The maximum absolute atomic E-state index is 12.4. The van der Waals surface area contributed by atoms with E-state index in [9.17, 15) is 9.59 Å². The maximum Gasteiger partial charge on any atom is 0.409 e. The lowest BCUT2D eigenvalue weighted by molar-refractivity contribution is 0.0914. The average Bonchev–Trinajstić information content (AvgIpc) is 3.06. The van der Waals surface area contributed by atoms with E-state index in [1.54, 1.807) is 14.1 Å². The molecular formula is C19H34IN7O3. The standard InChI is InChI=1S/C19H33N7O3.HI/c1-3-20-17(23-12-14-24(15-13-23)19(28)29-4-2)21-9-7-11-26-18(27)25-10-6-5-8-16(25)22-26;/h3-15H2,1-2H3,(H,20,21);1H. The molecule has 0 spiro atoms. The fourth-order valence-corrected chi connectivity index (χ4v) is 3.74. The first-order valence-corrected chi connectivity index (χ1v) is 10.8. The Morgan fingerprint density at radius 3 is 2.53 bits per heavy atom. The number of ether oxygens (including phenoxy) is 1. The largest absolute Gasteiger partial charge is 0.450 e. The minimum absolute atomic E-state index is 0. The third kappa shape index (κ3) is 6.11. The van der Waals surface area contributed by atoms with Gasteiger partial charge in [0, 0.05) is 58.8 Å². The predicted octanol–water partition coefficient (Wildman–Crippen LogP) is 1.13. The van der Waals surface area contributed by atoms with Crippen LogP contribution in [0, 0.1) is 0 Å². The summed E-state index contributed by atoms with van der Waals surface area (Å²) in [5.41, 5.74) is 0.00525. The van der Waals surface area contributed by atoms with Crippen LogP contribution in [0.3, 0.4) is 0 Å². The summed E-state index contributed by atoms with van der Waals surface area (Å²) in [6, 6.07) is 0. The molecule has 1 saturated heterocycles. The van der Waals surface area contributed by atoms with Crippen LogP contribution in [0.2, 0.25) is 0 Å². The number of aliphatic imine (C=N–C) groups is 1. The molecule has 0 aliphatic carbocycles. The molecule has 3 rings (SSSR count). The van der Waals surface area contributed by atoms with E-state index in [1.165, 1.54) is 0 Å². The van der Waals surface area contributed by atoms with E-state index < -0.39 is 0 Å². The third-order valence-corrected chi connectivity index (χ3v) is 5.26. The molecule has 0 radical (unpaired) electrons. The smallest absolute Gasteiger partial charge is 0.409 e. The highest BCUT2D eigenvalue weighted by Crippen LogP contribution is 2.09. The Kier molecular flexibility index (Phi) is 9.92. The molecule has 2 aliphatic rings. The summed E-state index contributed by atoms with van der Waals surface area (Å²) in [5.74, 6) is 1.77. The van der Waals surface area contributed by atoms with E-state index in [4.69, 9.17) is 9.73 Å². The summed E-state index contributed by atoms with van der Waals surface area (Å²) in [7, 11) is 0. The molecule has 10 nitrogen and oxygen atoms in total. The van der Waals surface area contributed by atoms with Gasteiger partial charge in [-0.05, 0) is 33.1 Å². The number of fused-ring (bicyclic) bond motifs is 1. The molecule has 1 fully saturated rings. The summed E-state index contributed by atoms with van der Waals surface area (Å²) < 4.78 is 8.46. The molecule has 0 bridgehead atoms. The molecule has 1 aromatic heterocycles. The van der Waals surface area contributed by atoms with Gasteiger partial charge in [0.2, 0.25) is 0 Å². The molecule has 0 aromatic carbocycles. The second-order valence-electron chi connectivity index (χ2n) is 7.29. The van der Waals surface area contributed by atoms with Crippen molar-refractivity contribution in [1.29, 1.82) is 0 Å². The van der Waals surface area contributed by atoms with Gasteiger partial charge in [0.05, 0.1) is 6.61 Å². The van der Waals surface area contributed by atoms with Crippen LogP contribution in [0.5, 0.6) is 0 Å². The number of halogens is 1. The summed E-state index contributed by atoms with van der Waals surface area (Å²) in [6.45, 7) is 9.71. The van der Waals surface area contributed by atoms with Gasteiger partial charge in [-0.15, -0.1) is 24.0 Å². The van der Waals surface area contributed by atoms with Crippen LogP contribution >= 0.6 is 24.0 Å². The Bertz CT molecular complexity index is 769. The topological polar surface area (TPSA) is 97.0 Å². The Hall–Kier alpha value is -1.79. The first kappa shape index (κ1) is 24.5. The minimum atomic E-state index is -0.248. The number of amides is 1. The quantitative estimate of drug-likeness (QED) is 0.254. The summed E-state index contributed by atoms with van der Waals surface area (Å²) in [4.78, 5) is 32.9. The van der Waals surface area contributed by atoms with Crippen molar-refractivity contribution in [3.8, 4) is 0 Å². The molecule has 1 aromatic rings. The van der Waals surface area contributed by atoms with Crippen molar-refractivity contribution in [2.24, 2.45) is 4.99 Å². The van der Waals surface area contributed by atoms with Gasteiger partial charge in [-0.3, -0.25) is 9.56 Å². The first-order valence-electron chi connectivity index (χ1n) is 10.8. The number of nitrogens with one attached hydrogen (secondary N) is 1. The molecular weight excluding hydrogens is 501 g/mol. The molecule has 3 heterocycles. The zero-order chi connectivity index (χ0) is 20.6. The normalized spacial score (nSPS) is 16.7. The van der Waals surface area contributed by atoms with Crippen molar-refractivity contribution >= 4 is 36.0 Å². The van der Waals surface area contributed by atoms with Gasteiger partial charge in [0.25, 0.3) is 0 Å². The number of aromatic nitrogens is 3. The lowest BCUT2D eigenvalue weighted by atomic mass is 10.2. The summed E-state index contributed by atoms with van der Waals surface area (Å²) in [5, 5.41) is 7.80. The van der Waals surface area contributed by atoms with E-state index in [0.717, 1.165) is 63.6 Å². The second kappa shape index (κ2) is 12.2. The zero-order valence-corrected chi connectivity index (χ0v) is 20.3. The number of rotatable bonds is 6. The number of piperazine rings is 1. The highest BCUT2D eigenvalue weighted by molar-refractivity contribution is 14.0. The number of aryl methyl sites for hydroxylation is 2. The number of guanidine groups is 1. The lowest BCUT2D eigenvalue weighted by Gasteiger charge is -2.35. The summed E-state index contributed by atoms with van der Waals surface area (Å²) >= 11 is 0. The predicted molar refractivity (Wildman–Crippen MR) is 126 cm³/mol. The van der Waals surface area contributed by atoms with E-state index in [1.807, 2.05) is 13.8 Å². The van der Waals surface area contributed by atoms with Crippen molar-refractivity contribution in [2.45, 2.75) is 52.6 Å². The number of hydrogen-bond acceptors (Lipinski definition) is 5. The zero-order valence-electron chi connectivity index (χ0n) is 18.0. The molecule has 0 saturated carbocycles. The van der Waals surface area contributed by atoms with E-state index in [-0.39, 0.29) is 35.8 Å². The highest BCUT2D eigenvalue weighted by Gasteiger charge is 2.23. The van der Waals surface area contributed by atoms with Gasteiger partial charge >= 0.3 is 11.8 Å². The number of hydrogen-bond donors (Lipinski definition) is 1. The van der Waals surface area contributed by atoms with Gasteiger partial charge in [0.15, 0.2) is 5.96 Å². The summed E-state index contributed by atoms with van der Waals surface area (Å²) in [6.07, 6.45) is 3.56. The number of carbonyl (C=O) groups is 1. The Balaban J connectivity index is 0.00000320. The van der Waals surface area contributed by atoms with Crippen LogP contribution in [0.1, 0.15) is 38.9 Å². The first-order chi connectivity index (χ1) is 14.1. The van der Waals surface area contributed by atoms with Gasteiger partial charge in [-0.2, -0.15) is 5.10 Å². The van der Waals surface area contributed by atoms with Crippen LogP contribution in [0.25, 0.3) is 0 Å². The van der Waals surface area contributed by atoms with Crippen LogP contribution in [0.15, 0.2) is 9.79 Å². The molecule has 1 N–H and O–H groups in total. The average molecular weight is 535 g/mol. The SMILES string of the molecule is CCNC(=NCCCn1nc2n(c1=O)CCCC2)N1CCN(C(=O)OCC)CC1.I. The number of nitrogens with zero attached hydrogens (tertiary/aromatic N) is 6. The molecule has 170 valence electrons. The van der Waals surface area contributed by atoms with Gasteiger partial charge in [0.1, 0.15) is 5.82 Å². The monoisotopic (exact) mass is 535 g/mol. The maximum atomic E-state index is 12.4. The molecule has 0 atom stereocenters. The van der Waals surface area contributed by atoms with E-state index in [2.05, 4.69) is 15.3 Å². The van der Waals surface area contributed by atoms with Crippen molar-refractivity contribution in [2.75, 3.05) is 45.9 Å². The van der Waals surface area contributed by atoms with E-state index >= 15 is 0 Å². The van der Waals surface area contributed by atoms with Crippen molar-refractivity contribution in [1.82, 2.24) is 29.5 Å². The number of carbonyl (C=O) groups excluding carboxylic acids is 1. The Morgan fingerprint density at radius 1 is 1.13 bits per heavy atom. The van der Waals surface area contributed by atoms with Crippen molar-refractivity contribution < 1.29 is 9.53 Å². The molecule has 11 heteroatoms. The van der Waals surface area contributed by atoms with E-state index in [0.29, 0.717) is 32.8 Å². The van der Waals surface area contributed by atoms with Crippen molar-refractivity contribution in [3.63, 3.8) is 0 Å². The highest BCUT2D eigenvalue weighted by atomic mass is 127. The Morgan fingerprint density at radius 2 is 1.87 bits per heavy atom. The van der Waals surface area contributed by atoms with Gasteiger partial charge in [-0.25, -0.2) is 14.3 Å². The molecule has 0 unspecified atom stereocenters. The van der Waals surface area contributed by atoms with Crippen LogP contribution < -0.4 is 11.0 Å². The minimum Gasteiger partial charge on any atom is -0.450 e. The van der Waals surface area contributed by atoms with Crippen LogP contribution in [0.4, 0.5) is 4.79 Å². The van der Waals surface area contributed by atoms with Crippen LogP contribution in [-0.2, 0) is 24.2 Å². The Labute approximate surface area is 194 Å². The lowest BCUT2D eigenvalue weighted by Crippen LogP contribution is -2.53.